The predicted octanol–water partition coefficient (Wildman–Crippen LogP) is 0.0882. The van der Waals surface area contributed by atoms with Gasteiger partial charge < -0.3 is 14.4 Å². The SMILES string of the molecule is COc1c(-n2ccnn2)cnn1-c1cc(N2CCOCC2)ncn1. The largest absolute Gasteiger partial charge is 0.479 e. The van der Waals surface area contributed by atoms with Gasteiger partial charge in [0, 0.05) is 19.2 Å². The van der Waals surface area contributed by atoms with Crippen molar-refractivity contribution in [2.45, 2.75) is 0 Å². The molecule has 0 atom stereocenters. The van der Waals surface area contributed by atoms with Gasteiger partial charge in [-0.25, -0.2) is 14.6 Å². The van der Waals surface area contributed by atoms with Crippen LogP contribution in [0.3, 0.4) is 0 Å². The van der Waals surface area contributed by atoms with Crippen molar-refractivity contribution in [2.75, 3.05) is 38.3 Å². The summed E-state index contributed by atoms with van der Waals surface area (Å²) in [6.07, 6.45) is 6.50. The summed E-state index contributed by atoms with van der Waals surface area (Å²) >= 11 is 0. The van der Waals surface area contributed by atoms with E-state index in [0.29, 0.717) is 30.6 Å². The molecule has 24 heavy (non-hydrogen) atoms. The number of aromatic nitrogens is 7. The molecule has 0 saturated carbocycles. The summed E-state index contributed by atoms with van der Waals surface area (Å²) in [4.78, 5) is 10.8. The third-order valence-electron chi connectivity index (χ3n) is 3.76. The molecule has 0 spiro atoms. The fourth-order valence-electron chi connectivity index (χ4n) is 2.60. The molecule has 3 aromatic rings. The maximum atomic E-state index is 5.50. The molecule has 4 rings (SSSR count). The van der Waals surface area contributed by atoms with Crippen LogP contribution in [-0.4, -0.2) is 68.2 Å². The summed E-state index contributed by atoms with van der Waals surface area (Å²) in [6, 6.07) is 1.88. The Morgan fingerprint density at radius 1 is 1.17 bits per heavy atom. The molecule has 0 aliphatic carbocycles. The molecule has 0 bridgehead atoms. The Balaban J connectivity index is 1.71. The minimum Gasteiger partial charge on any atom is -0.479 e. The quantitative estimate of drug-likeness (QED) is 0.665. The van der Waals surface area contributed by atoms with Gasteiger partial charge in [0.25, 0.3) is 0 Å². The molecule has 124 valence electrons. The maximum Gasteiger partial charge on any atom is 0.244 e. The van der Waals surface area contributed by atoms with Gasteiger partial charge in [-0.3, -0.25) is 0 Å². The topological polar surface area (TPSA) is 96.0 Å². The van der Waals surface area contributed by atoms with Crippen LogP contribution < -0.4 is 9.64 Å². The molecule has 0 aromatic carbocycles. The summed E-state index contributed by atoms with van der Waals surface area (Å²) in [5.74, 6) is 1.98. The summed E-state index contributed by atoms with van der Waals surface area (Å²) in [5.41, 5.74) is 0.682. The van der Waals surface area contributed by atoms with E-state index in [0.717, 1.165) is 18.9 Å². The molecule has 4 heterocycles. The Morgan fingerprint density at radius 2 is 2.00 bits per heavy atom. The van der Waals surface area contributed by atoms with Crippen molar-refractivity contribution < 1.29 is 9.47 Å². The second-order valence-corrected chi connectivity index (χ2v) is 5.13. The summed E-state index contributed by atoms with van der Waals surface area (Å²) < 4.78 is 14.1. The zero-order valence-corrected chi connectivity index (χ0v) is 13.1. The van der Waals surface area contributed by atoms with Gasteiger partial charge in [-0.05, 0) is 0 Å². The molecule has 10 heteroatoms. The van der Waals surface area contributed by atoms with E-state index in [1.807, 2.05) is 6.07 Å². The fraction of sp³-hybridized carbons (Fsp3) is 0.357. The maximum absolute atomic E-state index is 5.50. The number of rotatable bonds is 4. The van der Waals surface area contributed by atoms with Crippen LogP contribution in [0.2, 0.25) is 0 Å². The van der Waals surface area contributed by atoms with Gasteiger partial charge in [-0.2, -0.15) is 9.78 Å². The van der Waals surface area contributed by atoms with Crippen molar-refractivity contribution in [3.05, 3.63) is 31.0 Å². The van der Waals surface area contributed by atoms with Crippen molar-refractivity contribution in [3.63, 3.8) is 0 Å². The molecule has 3 aromatic heterocycles. The van der Waals surface area contributed by atoms with E-state index >= 15 is 0 Å². The van der Waals surface area contributed by atoms with Crippen molar-refractivity contribution in [3.8, 4) is 17.4 Å². The van der Waals surface area contributed by atoms with E-state index in [1.54, 1.807) is 35.1 Å². The minimum atomic E-state index is 0.520. The lowest BCUT2D eigenvalue weighted by molar-refractivity contribution is 0.122. The van der Waals surface area contributed by atoms with Gasteiger partial charge in [0.1, 0.15) is 17.8 Å². The van der Waals surface area contributed by atoms with E-state index in [9.17, 15) is 0 Å². The lowest BCUT2D eigenvalue weighted by Gasteiger charge is -2.27. The minimum absolute atomic E-state index is 0.520. The first kappa shape index (κ1) is 14.6. The van der Waals surface area contributed by atoms with Gasteiger partial charge in [0.2, 0.25) is 5.88 Å². The van der Waals surface area contributed by atoms with E-state index in [1.165, 1.54) is 6.33 Å². The first-order valence-electron chi connectivity index (χ1n) is 7.50. The molecule has 1 fully saturated rings. The zero-order valence-electron chi connectivity index (χ0n) is 13.1. The molecule has 10 nitrogen and oxygen atoms in total. The molecular weight excluding hydrogens is 312 g/mol. The first-order valence-corrected chi connectivity index (χ1v) is 7.50. The molecule has 0 amide bonds. The average molecular weight is 328 g/mol. The van der Waals surface area contributed by atoms with Crippen molar-refractivity contribution >= 4 is 5.82 Å². The molecule has 1 aliphatic rings. The van der Waals surface area contributed by atoms with Crippen LogP contribution in [0.1, 0.15) is 0 Å². The van der Waals surface area contributed by atoms with Gasteiger partial charge in [0.15, 0.2) is 5.82 Å². The van der Waals surface area contributed by atoms with Crippen molar-refractivity contribution in [2.24, 2.45) is 0 Å². The number of anilines is 1. The summed E-state index contributed by atoms with van der Waals surface area (Å²) in [7, 11) is 1.58. The summed E-state index contributed by atoms with van der Waals surface area (Å²) in [5, 5.41) is 12.1. The predicted molar refractivity (Wildman–Crippen MR) is 83.7 cm³/mol. The van der Waals surface area contributed by atoms with Crippen LogP contribution in [0, 0.1) is 0 Å². The number of morpholine rings is 1. The molecule has 0 unspecified atom stereocenters. The van der Waals surface area contributed by atoms with Crippen LogP contribution in [-0.2, 0) is 4.74 Å². The summed E-state index contributed by atoms with van der Waals surface area (Å²) in [6.45, 7) is 3.00. The highest BCUT2D eigenvalue weighted by atomic mass is 16.5. The number of hydrogen-bond acceptors (Lipinski definition) is 8. The highest BCUT2D eigenvalue weighted by molar-refractivity contribution is 5.48. The standard InChI is InChI=1S/C14H16N8O2/c1-23-14-11(21-3-2-17-19-21)9-18-22(14)13-8-12(15-10-16-13)20-4-6-24-7-5-20/h2-3,8-10H,4-7H2,1H3. The molecular formula is C14H16N8O2. The number of methoxy groups -OCH3 is 1. The van der Waals surface area contributed by atoms with Crippen LogP contribution in [0.25, 0.3) is 11.5 Å². The van der Waals surface area contributed by atoms with Crippen LogP contribution in [0.5, 0.6) is 5.88 Å². The van der Waals surface area contributed by atoms with E-state index in [4.69, 9.17) is 9.47 Å². The number of hydrogen-bond donors (Lipinski definition) is 0. The molecule has 1 aliphatic heterocycles. The van der Waals surface area contributed by atoms with E-state index in [2.05, 4.69) is 30.3 Å². The monoisotopic (exact) mass is 328 g/mol. The highest BCUT2D eigenvalue weighted by Gasteiger charge is 2.18. The third-order valence-corrected chi connectivity index (χ3v) is 3.76. The normalized spacial score (nSPS) is 14.8. The van der Waals surface area contributed by atoms with Crippen LogP contribution in [0.15, 0.2) is 31.0 Å². The Hall–Kier alpha value is -3.01. The lowest BCUT2D eigenvalue weighted by Crippen LogP contribution is -2.36. The van der Waals surface area contributed by atoms with Gasteiger partial charge >= 0.3 is 0 Å². The second kappa shape index (κ2) is 6.24. The molecule has 1 saturated heterocycles. The average Bonchev–Trinajstić information content (AvgIpc) is 3.31. The third kappa shape index (κ3) is 2.56. The van der Waals surface area contributed by atoms with Crippen molar-refractivity contribution in [1.29, 1.82) is 0 Å². The van der Waals surface area contributed by atoms with Crippen LogP contribution >= 0.6 is 0 Å². The highest BCUT2D eigenvalue weighted by Crippen LogP contribution is 2.25. The van der Waals surface area contributed by atoms with Gasteiger partial charge in [-0.1, -0.05) is 5.21 Å². The molecule has 0 radical (unpaired) electrons. The second-order valence-electron chi connectivity index (χ2n) is 5.13. The van der Waals surface area contributed by atoms with Crippen molar-refractivity contribution in [1.82, 2.24) is 34.7 Å². The number of ether oxygens (including phenoxy) is 2. The Kier molecular flexibility index (Phi) is 3.79. The van der Waals surface area contributed by atoms with Gasteiger partial charge in [-0.15, -0.1) is 5.10 Å². The van der Waals surface area contributed by atoms with Gasteiger partial charge in [0.05, 0.1) is 38.9 Å². The van der Waals surface area contributed by atoms with E-state index < -0.39 is 0 Å². The fourth-order valence-corrected chi connectivity index (χ4v) is 2.60. The van der Waals surface area contributed by atoms with E-state index in [-0.39, 0.29) is 0 Å². The lowest BCUT2D eigenvalue weighted by atomic mass is 10.4. The smallest absolute Gasteiger partial charge is 0.244 e. The Bertz CT molecular complexity index is 810. The molecule has 0 N–H and O–H groups in total. The first-order chi connectivity index (χ1) is 11.9. The Morgan fingerprint density at radius 3 is 2.75 bits per heavy atom. The zero-order chi connectivity index (χ0) is 16.4. The Labute approximate surface area is 137 Å². The van der Waals surface area contributed by atoms with Crippen LogP contribution in [0.4, 0.5) is 5.82 Å². The number of nitrogens with zero attached hydrogens (tertiary/aromatic N) is 8.